The minimum Gasteiger partial charge on any atom is -0.438 e. The summed E-state index contributed by atoms with van der Waals surface area (Å²) in [5, 5.41) is 0. The summed E-state index contributed by atoms with van der Waals surface area (Å²) in [6.07, 6.45) is 1.93. The summed E-state index contributed by atoms with van der Waals surface area (Å²) in [4.78, 5) is 14.9. The molecule has 166 valence electrons. The van der Waals surface area contributed by atoms with Gasteiger partial charge in [-0.05, 0) is 60.7 Å². The second-order valence-corrected chi connectivity index (χ2v) is 8.37. The van der Waals surface area contributed by atoms with Gasteiger partial charge in [-0.3, -0.25) is 0 Å². The summed E-state index contributed by atoms with van der Waals surface area (Å²) in [5.74, 6) is -0.249. The minimum atomic E-state index is -0.625. The lowest BCUT2D eigenvalue weighted by Gasteiger charge is -2.43. The number of ether oxygens (including phenoxy) is 1. The Morgan fingerprint density at radius 2 is 1.62 bits per heavy atom. The van der Waals surface area contributed by atoms with Crippen LogP contribution >= 0.6 is 0 Å². The van der Waals surface area contributed by atoms with Gasteiger partial charge in [-0.1, -0.05) is 66.7 Å². The average Bonchev–Trinajstić information content (AvgIpc) is 2.83. The molecule has 0 saturated carbocycles. The number of nitrogens with two attached hydrogens (primary N) is 1. The fourth-order valence-corrected chi connectivity index (χ4v) is 4.45. The Balaban J connectivity index is 1.50. The third-order valence-electron chi connectivity index (χ3n) is 6.40. The molecular formula is C27H29FN2O2. The Labute approximate surface area is 188 Å². The number of carbonyl (C=O) groups is 1. The van der Waals surface area contributed by atoms with Crippen LogP contribution in [0.4, 0.5) is 9.18 Å². The zero-order valence-electron chi connectivity index (χ0n) is 18.3. The summed E-state index contributed by atoms with van der Waals surface area (Å²) in [6.45, 7) is 3.19. The molecule has 1 amide bonds. The first kappa shape index (κ1) is 22.0. The molecule has 1 fully saturated rings. The monoisotopic (exact) mass is 432 g/mol. The number of benzene rings is 3. The largest absolute Gasteiger partial charge is 0.438 e. The Kier molecular flexibility index (Phi) is 6.56. The zero-order chi connectivity index (χ0) is 22.6. The van der Waals surface area contributed by atoms with Crippen molar-refractivity contribution in [3.05, 3.63) is 95.8 Å². The Hall–Kier alpha value is -3.18. The number of hydrogen-bond donors (Lipinski definition) is 1. The van der Waals surface area contributed by atoms with E-state index in [0.717, 1.165) is 35.1 Å². The van der Waals surface area contributed by atoms with Crippen molar-refractivity contribution < 1.29 is 13.9 Å². The van der Waals surface area contributed by atoms with Crippen molar-refractivity contribution in [2.75, 3.05) is 13.1 Å². The number of rotatable bonds is 7. The highest BCUT2D eigenvalue weighted by atomic mass is 19.1. The summed E-state index contributed by atoms with van der Waals surface area (Å²) in [7, 11) is 0. The highest BCUT2D eigenvalue weighted by Crippen LogP contribution is 2.40. The van der Waals surface area contributed by atoms with Gasteiger partial charge < -0.3 is 15.4 Å². The fraction of sp³-hybridized carbons (Fsp3) is 0.296. The Bertz CT molecular complexity index is 1040. The van der Waals surface area contributed by atoms with Crippen molar-refractivity contribution in [1.82, 2.24) is 4.90 Å². The molecule has 4 nitrogen and oxygen atoms in total. The smallest absolute Gasteiger partial charge is 0.411 e. The van der Waals surface area contributed by atoms with Crippen LogP contribution < -0.4 is 5.73 Å². The van der Waals surface area contributed by atoms with Crippen molar-refractivity contribution in [1.29, 1.82) is 0 Å². The lowest BCUT2D eigenvalue weighted by Crippen LogP contribution is -2.48. The molecule has 0 radical (unpaired) electrons. The van der Waals surface area contributed by atoms with Crippen LogP contribution in [0.1, 0.15) is 43.4 Å². The summed E-state index contributed by atoms with van der Waals surface area (Å²) >= 11 is 0. The third-order valence-corrected chi connectivity index (χ3v) is 6.40. The molecule has 3 aromatic rings. The van der Waals surface area contributed by atoms with E-state index < -0.39 is 5.60 Å². The first-order valence-electron chi connectivity index (χ1n) is 11.1. The van der Waals surface area contributed by atoms with Gasteiger partial charge in [0.25, 0.3) is 0 Å². The van der Waals surface area contributed by atoms with Gasteiger partial charge in [0.15, 0.2) is 0 Å². The molecule has 4 rings (SSSR count). The van der Waals surface area contributed by atoms with Gasteiger partial charge in [-0.2, -0.15) is 0 Å². The molecule has 0 spiro atoms. The highest BCUT2D eigenvalue weighted by molar-refractivity contribution is 5.70. The quantitative estimate of drug-likeness (QED) is 0.496. The van der Waals surface area contributed by atoms with Crippen LogP contribution in [-0.2, 0) is 10.3 Å². The number of carbonyl (C=O) groups excluding carboxylic acids is 1. The van der Waals surface area contributed by atoms with E-state index in [9.17, 15) is 9.18 Å². The molecule has 2 N–H and O–H groups in total. The number of cyclic esters (lactones) is 1. The summed E-state index contributed by atoms with van der Waals surface area (Å²) < 4.78 is 19.3. The maximum Gasteiger partial charge on any atom is 0.411 e. The van der Waals surface area contributed by atoms with E-state index in [1.807, 2.05) is 61.5 Å². The molecule has 2 atom stereocenters. The molecule has 0 aliphatic carbocycles. The van der Waals surface area contributed by atoms with Crippen molar-refractivity contribution in [2.24, 2.45) is 5.73 Å². The van der Waals surface area contributed by atoms with Gasteiger partial charge >= 0.3 is 6.09 Å². The van der Waals surface area contributed by atoms with E-state index >= 15 is 0 Å². The number of amides is 1. The summed E-state index contributed by atoms with van der Waals surface area (Å²) in [6, 6.07) is 24.3. The van der Waals surface area contributed by atoms with Crippen molar-refractivity contribution in [3.63, 3.8) is 0 Å². The van der Waals surface area contributed by atoms with Crippen molar-refractivity contribution in [2.45, 2.75) is 37.8 Å². The second kappa shape index (κ2) is 9.53. The van der Waals surface area contributed by atoms with Crippen molar-refractivity contribution in [3.8, 4) is 11.1 Å². The van der Waals surface area contributed by atoms with E-state index in [1.54, 1.807) is 17.0 Å². The molecule has 3 aromatic carbocycles. The second-order valence-electron chi connectivity index (χ2n) is 8.37. The number of nitrogens with zero attached hydrogens (tertiary/aromatic N) is 1. The molecule has 1 heterocycles. The number of hydrogen-bond acceptors (Lipinski definition) is 3. The van der Waals surface area contributed by atoms with E-state index in [0.29, 0.717) is 19.5 Å². The molecule has 32 heavy (non-hydrogen) atoms. The first-order chi connectivity index (χ1) is 15.5. The maximum absolute atomic E-state index is 13.2. The van der Waals surface area contributed by atoms with E-state index in [2.05, 4.69) is 0 Å². The van der Waals surface area contributed by atoms with Gasteiger partial charge in [0.2, 0.25) is 0 Å². The van der Waals surface area contributed by atoms with Gasteiger partial charge in [0, 0.05) is 13.0 Å². The standard InChI is InChI=1S/C27H29FN2O2/c1-20(21-8-10-22(11-9-21)23-12-14-25(28)15-13-23)30-19-17-27(16-5-18-29,32-26(30)31)24-6-3-2-4-7-24/h2-4,6-15,20H,5,16-19,29H2,1H3/t20-,27?/m0/s1. The summed E-state index contributed by atoms with van der Waals surface area (Å²) in [5.41, 5.74) is 9.15. The third kappa shape index (κ3) is 4.53. The van der Waals surface area contributed by atoms with Crippen LogP contribution in [0.5, 0.6) is 0 Å². The van der Waals surface area contributed by atoms with Crippen LogP contribution in [-0.4, -0.2) is 24.1 Å². The molecule has 0 bridgehead atoms. The van der Waals surface area contributed by atoms with Gasteiger partial charge in [0.05, 0.1) is 6.04 Å². The molecule has 1 aliphatic heterocycles. The molecule has 5 heteroatoms. The molecule has 1 unspecified atom stereocenters. The van der Waals surface area contributed by atoms with Crippen LogP contribution in [0.25, 0.3) is 11.1 Å². The van der Waals surface area contributed by atoms with E-state index in [1.165, 1.54) is 12.1 Å². The first-order valence-corrected chi connectivity index (χ1v) is 11.1. The van der Waals surface area contributed by atoms with Crippen LogP contribution in [0.15, 0.2) is 78.9 Å². The predicted octanol–water partition coefficient (Wildman–Crippen LogP) is 6.03. The molecular weight excluding hydrogens is 403 g/mol. The topological polar surface area (TPSA) is 55.6 Å². The Morgan fingerprint density at radius 3 is 2.22 bits per heavy atom. The predicted molar refractivity (Wildman–Crippen MR) is 124 cm³/mol. The maximum atomic E-state index is 13.2. The molecule has 0 aromatic heterocycles. The normalized spacial score (nSPS) is 19.5. The van der Waals surface area contributed by atoms with Crippen LogP contribution in [0, 0.1) is 5.82 Å². The van der Waals surface area contributed by atoms with Crippen LogP contribution in [0.3, 0.4) is 0 Å². The van der Waals surface area contributed by atoms with E-state index in [4.69, 9.17) is 10.5 Å². The highest BCUT2D eigenvalue weighted by Gasteiger charge is 2.43. The zero-order valence-corrected chi connectivity index (χ0v) is 18.3. The average molecular weight is 433 g/mol. The van der Waals surface area contributed by atoms with Gasteiger partial charge in [-0.15, -0.1) is 0 Å². The Morgan fingerprint density at radius 1 is 1.00 bits per heavy atom. The SMILES string of the molecule is C[C@@H](c1ccc(-c2ccc(F)cc2)cc1)N1CCC(CCCN)(c2ccccc2)OC1=O. The lowest BCUT2D eigenvalue weighted by atomic mass is 9.84. The van der Waals surface area contributed by atoms with Gasteiger partial charge in [0.1, 0.15) is 11.4 Å². The van der Waals surface area contributed by atoms with Crippen molar-refractivity contribution >= 4 is 6.09 Å². The van der Waals surface area contributed by atoms with E-state index in [-0.39, 0.29) is 18.0 Å². The van der Waals surface area contributed by atoms with Gasteiger partial charge in [-0.25, -0.2) is 9.18 Å². The molecule has 1 saturated heterocycles. The van der Waals surface area contributed by atoms with Crippen LogP contribution in [0.2, 0.25) is 0 Å². The fourth-order valence-electron chi connectivity index (χ4n) is 4.45. The number of halogens is 1. The molecule has 1 aliphatic rings. The lowest BCUT2D eigenvalue weighted by molar-refractivity contribution is -0.0661. The minimum absolute atomic E-state index is 0.118.